The Hall–Kier alpha value is -2.70. The van der Waals surface area contributed by atoms with Gasteiger partial charge in [0.2, 0.25) is 5.91 Å². The van der Waals surface area contributed by atoms with Gasteiger partial charge in [0.15, 0.2) is 0 Å². The zero-order valence-corrected chi connectivity index (χ0v) is 10.3. The summed E-state index contributed by atoms with van der Waals surface area (Å²) < 4.78 is 0. The molecule has 0 bridgehead atoms. The summed E-state index contributed by atoms with van der Waals surface area (Å²) in [4.78, 5) is 32.5. The molecule has 0 aliphatic carbocycles. The van der Waals surface area contributed by atoms with E-state index in [0.717, 1.165) is 23.8 Å². The van der Waals surface area contributed by atoms with Crippen molar-refractivity contribution in [3.63, 3.8) is 0 Å². The van der Waals surface area contributed by atoms with Crippen molar-refractivity contribution >= 4 is 23.3 Å². The van der Waals surface area contributed by atoms with Crippen LogP contribution in [-0.2, 0) is 4.79 Å². The number of nitrogens with one attached hydrogen (secondary N) is 1. The van der Waals surface area contributed by atoms with Crippen molar-refractivity contribution in [1.82, 2.24) is 0 Å². The third kappa shape index (κ3) is 3.91. The van der Waals surface area contributed by atoms with Gasteiger partial charge < -0.3 is 10.4 Å². The second-order valence-corrected chi connectivity index (χ2v) is 4.00. The van der Waals surface area contributed by atoms with E-state index in [9.17, 15) is 19.7 Å². The molecule has 0 atom stereocenters. The van der Waals surface area contributed by atoms with Crippen molar-refractivity contribution in [2.45, 2.75) is 13.8 Å². The predicted octanol–water partition coefficient (Wildman–Crippen LogP) is 2.20. The first-order valence-corrected chi connectivity index (χ1v) is 5.29. The number of carboxylic acids is 1. The van der Waals surface area contributed by atoms with Crippen LogP contribution in [0.4, 0.5) is 11.4 Å². The Morgan fingerprint density at radius 3 is 2.47 bits per heavy atom. The van der Waals surface area contributed by atoms with Crippen LogP contribution in [0.5, 0.6) is 0 Å². The minimum absolute atomic E-state index is 0.107. The summed E-state index contributed by atoms with van der Waals surface area (Å²) in [6.07, 6.45) is 1.27. The summed E-state index contributed by atoms with van der Waals surface area (Å²) >= 11 is 0. The maximum Gasteiger partial charge on any atom is 0.337 e. The molecule has 7 heteroatoms. The highest BCUT2D eigenvalue weighted by atomic mass is 16.6. The summed E-state index contributed by atoms with van der Waals surface area (Å²) in [5.41, 5.74) is 0.114. The monoisotopic (exact) mass is 264 g/mol. The molecule has 1 amide bonds. The van der Waals surface area contributed by atoms with E-state index in [1.165, 1.54) is 6.08 Å². The van der Waals surface area contributed by atoms with Gasteiger partial charge in [-0.25, -0.2) is 4.79 Å². The van der Waals surface area contributed by atoms with E-state index < -0.39 is 16.8 Å². The first-order chi connectivity index (χ1) is 8.81. The zero-order valence-electron chi connectivity index (χ0n) is 10.3. The molecule has 1 rings (SSSR count). The molecule has 1 aromatic rings. The highest BCUT2D eigenvalue weighted by molar-refractivity contribution is 6.05. The normalized spacial score (nSPS) is 9.58. The maximum atomic E-state index is 11.5. The van der Waals surface area contributed by atoms with Crippen LogP contribution < -0.4 is 5.32 Å². The first-order valence-electron chi connectivity index (χ1n) is 5.29. The highest BCUT2D eigenvalue weighted by Gasteiger charge is 2.16. The molecule has 2 N–H and O–H groups in total. The summed E-state index contributed by atoms with van der Waals surface area (Å²) in [6, 6.07) is 3.17. The van der Waals surface area contributed by atoms with Crippen LogP contribution >= 0.6 is 0 Å². The lowest BCUT2D eigenvalue weighted by atomic mass is 10.1. The first kappa shape index (κ1) is 14.4. The van der Waals surface area contributed by atoms with Gasteiger partial charge >= 0.3 is 5.97 Å². The molecule has 0 spiro atoms. The van der Waals surface area contributed by atoms with E-state index in [0.29, 0.717) is 0 Å². The summed E-state index contributed by atoms with van der Waals surface area (Å²) in [7, 11) is 0. The van der Waals surface area contributed by atoms with Gasteiger partial charge in [0, 0.05) is 18.2 Å². The van der Waals surface area contributed by atoms with Crippen LogP contribution in [0.1, 0.15) is 24.2 Å². The van der Waals surface area contributed by atoms with E-state index >= 15 is 0 Å². The number of nitrogens with zero attached hydrogens (tertiary/aromatic N) is 1. The smallest absolute Gasteiger partial charge is 0.337 e. The Morgan fingerprint density at radius 2 is 2.00 bits per heavy atom. The molecule has 0 heterocycles. The van der Waals surface area contributed by atoms with Crippen molar-refractivity contribution in [3.8, 4) is 0 Å². The van der Waals surface area contributed by atoms with Gasteiger partial charge in [0.05, 0.1) is 16.2 Å². The largest absolute Gasteiger partial charge is 0.478 e. The standard InChI is InChI=1S/C12H12N2O5/c1-7(2)5-11(15)13-10-6-8(14(18)19)3-4-9(10)12(16)17/h3-6H,1-2H3,(H,13,15)(H,16,17). The average molecular weight is 264 g/mol. The number of rotatable bonds is 4. The number of carbonyl (C=O) groups excluding carboxylic acids is 1. The molecule has 100 valence electrons. The van der Waals surface area contributed by atoms with Crippen molar-refractivity contribution in [3.05, 3.63) is 45.5 Å². The van der Waals surface area contributed by atoms with Crippen molar-refractivity contribution in [1.29, 1.82) is 0 Å². The minimum atomic E-state index is -1.28. The lowest BCUT2D eigenvalue weighted by molar-refractivity contribution is -0.384. The van der Waals surface area contributed by atoms with E-state index in [2.05, 4.69) is 5.32 Å². The fourth-order valence-corrected chi connectivity index (χ4v) is 1.37. The highest BCUT2D eigenvalue weighted by Crippen LogP contribution is 2.22. The van der Waals surface area contributed by atoms with E-state index in [-0.39, 0.29) is 16.9 Å². The molecule has 7 nitrogen and oxygen atoms in total. The van der Waals surface area contributed by atoms with Gasteiger partial charge in [-0.05, 0) is 19.9 Å². The van der Waals surface area contributed by atoms with Gasteiger partial charge in [-0.3, -0.25) is 14.9 Å². The quantitative estimate of drug-likeness (QED) is 0.492. The number of allylic oxidation sites excluding steroid dienone is 1. The summed E-state index contributed by atoms with van der Waals surface area (Å²) in [5, 5.41) is 21.9. The van der Waals surface area contributed by atoms with E-state index in [4.69, 9.17) is 5.11 Å². The van der Waals surface area contributed by atoms with Gasteiger partial charge in [-0.15, -0.1) is 0 Å². The van der Waals surface area contributed by atoms with Crippen LogP contribution in [0.2, 0.25) is 0 Å². The summed E-state index contributed by atoms with van der Waals surface area (Å²) in [6.45, 7) is 3.40. The SMILES string of the molecule is CC(C)=CC(=O)Nc1cc([N+](=O)[O-])ccc1C(=O)O. The number of hydrogen-bond donors (Lipinski definition) is 2. The number of nitro groups is 1. The van der Waals surface area contributed by atoms with Crippen molar-refractivity contribution < 1.29 is 19.6 Å². The fraction of sp³-hybridized carbons (Fsp3) is 0.167. The third-order valence-electron chi connectivity index (χ3n) is 2.12. The Bertz CT molecular complexity index is 573. The second-order valence-electron chi connectivity index (χ2n) is 4.00. The predicted molar refractivity (Wildman–Crippen MR) is 68.1 cm³/mol. The van der Waals surface area contributed by atoms with Gasteiger partial charge in [0.25, 0.3) is 5.69 Å². The maximum absolute atomic E-state index is 11.5. The number of anilines is 1. The Morgan fingerprint density at radius 1 is 1.37 bits per heavy atom. The second kappa shape index (κ2) is 5.76. The number of nitro benzene ring substituents is 1. The topological polar surface area (TPSA) is 110 Å². The molecule has 0 radical (unpaired) electrons. The van der Waals surface area contributed by atoms with E-state index in [1.54, 1.807) is 13.8 Å². The molecule has 1 aromatic carbocycles. The molecule has 0 saturated carbocycles. The molecule has 0 aliphatic heterocycles. The number of benzene rings is 1. The third-order valence-corrected chi connectivity index (χ3v) is 2.12. The molecule has 0 fully saturated rings. The van der Waals surface area contributed by atoms with Crippen LogP contribution in [0, 0.1) is 10.1 Å². The number of hydrogen-bond acceptors (Lipinski definition) is 4. The summed E-state index contributed by atoms with van der Waals surface area (Å²) in [5.74, 6) is -1.81. The van der Waals surface area contributed by atoms with Crippen molar-refractivity contribution in [2.24, 2.45) is 0 Å². The number of carboxylic acid groups (broad SMARTS) is 1. The Labute approximate surface area is 108 Å². The van der Waals surface area contributed by atoms with Crippen molar-refractivity contribution in [2.75, 3.05) is 5.32 Å². The molecule has 0 unspecified atom stereocenters. The van der Waals surface area contributed by atoms with Crippen LogP contribution in [-0.4, -0.2) is 21.9 Å². The van der Waals surface area contributed by atoms with Gasteiger partial charge in [-0.2, -0.15) is 0 Å². The Balaban J connectivity index is 3.18. The number of aromatic carboxylic acids is 1. The average Bonchev–Trinajstić information content (AvgIpc) is 2.26. The molecule has 0 aromatic heterocycles. The fourth-order valence-electron chi connectivity index (χ4n) is 1.37. The number of amides is 1. The molecular formula is C12H12N2O5. The van der Waals surface area contributed by atoms with Crippen LogP contribution in [0.3, 0.4) is 0 Å². The number of non-ortho nitro benzene ring substituents is 1. The van der Waals surface area contributed by atoms with E-state index in [1.807, 2.05) is 0 Å². The minimum Gasteiger partial charge on any atom is -0.478 e. The van der Waals surface area contributed by atoms with Gasteiger partial charge in [-0.1, -0.05) is 5.57 Å². The lowest BCUT2D eigenvalue weighted by Gasteiger charge is -2.06. The van der Waals surface area contributed by atoms with Gasteiger partial charge in [0.1, 0.15) is 0 Å². The Kier molecular flexibility index (Phi) is 4.36. The van der Waals surface area contributed by atoms with Crippen LogP contribution in [0.15, 0.2) is 29.8 Å². The molecular weight excluding hydrogens is 252 g/mol. The molecule has 0 saturated heterocycles. The zero-order chi connectivity index (χ0) is 14.6. The van der Waals surface area contributed by atoms with Crippen LogP contribution in [0.25, 0.3) is 0 Å². The molecule has 0 aliphatic rings. The number of carbonyl (C=O) groups is 2. The lowest BCUT2D eigenvalue weighted by Crippen LogP contribution is -2.12. The molecule has 19 heavy (non-hydrogen) atoms.